The van der Waals surface area contributed by atoms with Crippen LogP contribution in [0.4, 0.5) is 8.78 Å². The molecule has 3 aromatic rings. The number of hydrogen-bond donors (Lipinski definition) is 0. The zero-order valence-electron chi connectivity index (χ0n) is 21.4. The van der Waals surface area contributed by atoms with E-state index in [9.17, 15) is 8.78 Å². The van der Waals surface area contributed by atoms with E-state index in [4.69, 9.17) is 0 Å². The second kappa shape index (κ2) is 21.4. The Balaban J connectivity index is 0. The summed E-state index contributed by atoms with van der Waals surface area (Å²) < 4.78 is 25.3. The van der Waals surface area contributed by atoms with Crippen molar-refractivity contribution in [1.29, 1.82) is 0 Å². The predicted molar refractivity (Wildman–Crippen MR) is 158 cm³/mol. The molecule has 6 heteroatoms. The molecule has 0 spiro atoms. The van der Waals surface area contributed by atoms with E-state index in [1.165, 1.54) is 47.6 Å². The van der Waals surface area contributed by atoms with Crippen LogP contribution in [0.25, 0.3) is 11.1 Å². The predicted octanol–water partition coefficient (Wildman–Crippen LogP) is 8.59. The molecule has 0 saturated heterocycles. The largest absolute Gasteiger partial charge is 0.184 e. The molecule has 2 aliphatic carbocycles. The van der Waals surface area contributed by atoms with Crippen LogP contribution < -0.4 is 0 Å². The van der Waals surface area contributed by atoms with Crippen molar-refractivity contribution in [3.05, 3.63) is 151 Å². The van der Waals surface area contributed by atoms with Crippen LogP contribution in [0.2, 0.25) is 0 Å². The van der Waals surface area contributed by atoms with E-state index in [0.29, 0.717) is 0 Å². The quantitative estimate of drug-likeness (QED) is 0.188. The van der Waals surface area contributed by atoms with E-state index in [-0.39, 0.29) is 43.9 Å². The van der Waals surface area contributed by atoms with Crippen molar-refractivity contribution in [3.63, 3.8) is 0 Å². The molecule has 0 nitrogen and oxygen atoms in total. The van der Waals surface area contributed by atoms with Gasteiger partial charge in [0, 0.05) is 0 Å². The zero-order chi connectivity index (χ0) is 24.8. The Hall–Kier alpha value is -1.51. The molecule has 0 radical (unpaired) electrons. The average Bonchev–Trinajstić information content (AvgIpc) is 3.51. The topological polar surface area (TPSA) is 0 Å². The van der Waals surface area contributed by atoms with Crippen molar-refractivity contribution >= 4 is 48.1 Å². The van der Waals surface area contributed by atoms with Gasteiger partial charge < -0.3 is 7.43 Å². The van der Waals surface area contributed by atoms with Gasteiger partial charge in [0.25, 0.3) is 0 Å². The maximum Gasteiger partial charge on any atom is -0.171 e. The van der Waals surface area contributed by atoms with Crippen molar-refractivity contribution in [2.24, 2.45) is 0 Å². The van der Waals surface area contributed by atoms with Crippen LogP contribution in [0, 0.1) is 37.3 Å². The maximum absolute atomic E-state index is 12.6. The summed E-state index contributed by atoms with van der Waals surface area (Å²) in [4.78, 5) is 0. The molecule has 37 heavy (non-hydrogen) atoms. The molecule has 0 amide bonds. The molecule has 0 atom stereocenters. The van der Waals surface area contributed by atoms with Gasteiger partial charge in [-0.05, 0) is 24.3 Å². The molecule has 0 saturated carbocycles. The van der Waals surface area contributed by atoms with Gasteiger partial charge in [0.2, 0.25) is 0 Å². The smallest absolute Gasteiger partial charge is 0.171 e. The first-order valence-corrected chi connectivity index (χ1v) is 21.4. The van der Waals surface area contributed by atoms with Crippen LogP contribution in [-0.2, 0) is 21.6 Å². The van der Waals surface area contributed by atoms with E-state index in [1.807, 2.05) is 44.2 Å². The third-order valence-electron chi connectivity index (χ3n) is 5.07. The average molecular weight is 677 g/mol. The van der Waals surface area contributed by atoms with E-state index >= 15 is 0 Å². The molecule has 0 heterocycles. The molecular weight excluding hydrogens is 645 g/mol. The van der Waals surface area contributed by atoms with E-state index in [1.54, 1.807) is 45.9 Å². The minimum atomic E-state index is -0.187. The Morgan fingerprint density at radius 1 is 0.649 bits per heavy atom. The molecule has 3 aromatic carbocycles. The fourth-order valence-corrected chi connectivity index (χ4v) is 3.38. The Morgan fingerprint density at radius 2 is 1.00 bits per heavy atom. The summed E-state index contributed by atoms with van der Waals surface area (Å²) in [5.41, 5.74) is 6.83. The number of halogens is 4. The first-order valence-electron chi connectivity index (χ1n) is 10.9. The van der Waals surface area contributed by atoms with Crippen molar-refractivity contribution in [2.45, 2.75) is 26.7 Å². The Labute approximate surface area is 253 Å². The van der Waals surface area contributed by atoms with Crippen LogP contribution >= 0.6 is 24.8 Å². The molecule has 5 rings (SSSR count). The number of rotatable bonds is 2. The van der Waals surface area contributed by atoms with Crippen LogP contribution in [-0.4, -0.2) is 12.1 Å². The molecule has 2 aliphatic rings. The number of benzene rings is 3. The number of allylic oxidation sites excluding steroid dienone is 8. The van der Waals surface area contributed by atoms with Gasteiger partial charge in [-0.2, -0.15) is 59.7 Å². The summed E-state index contributed by atoms with van der Waals surface area (Å²) in [6.45, 7) is 4.06. The fraction of sp³-hybridized carbons (Fsp3) is 0.129. The minimum absolute atomic E-state index is 0. The first-order chi connectivity index (χ1) is 16.5. The summed E-state index contributed by atoms with van der Waals surface area (Å²) in [6, 6.07) is 25.7. The van der Waals surface area contributed by atoms with Crippen LogP contribution in [0.15, 0.2) is 102 Å². The van der Waals surface area contributed by atoms with Crippen LogP contribution in [0.1, 0.15) is 37.8 Å². The molecule has 0 aliphatic heterocycles. The van der Waals surface area contributed by atoms with Gasteiger partial charge in [-0.3, -0.25) is 12.2 Å². The summed E-state index contributed by atoms with van der Waals surface area (Å²) in [7, 11) is 0. The molecule has 0 N–H and O–H groups in total. The third-order valence-corrected chi connectivity index (χ3v) is 5.07. The first kappa shape index (κ1) is 37.6. The molecule has 196 valence electrons. The van der Waals surface area contributed by atoms with Gasteiger partial charge in [-0.25, -0.2) is 19.9 Å². The summed E-state index contributed by atoms with van der Waals surface area (Å²) in [5, 5.41) is 0. The Morgan fingerprint density at radius 3 is 1.22 bits per heavy atom. The van der Waals surface area contributed by atoms with Crippen molar-refractivity contribution in [3.8, 4) is 0 Å². The van der Waals surface area contributed by atoms with Crippen molar-refractivity contribution < 1.29 is 30.4 Å². The standard InChI is InChI=1S/2C12H10F.C6H5.CH3.2ClH.GeH2.Zr/c2*1-9-3-2-4-12(9)10-5-7-11(13)8-6-10;1-2-4-6-5-3-1;;;;;/h2*4-8H,2H2,1H3;1-5H;1H3;2*1H;1H2;/q4*-1;;;;. The van der Waals surface area contributed by atoms with Gasteiger partial charge in [0.15, 0.2) is 0 Å². The van der Waals surface area contributed by atoms with Gasteiger partial charge in [-0.1, -0.05) is 38.1 Å². The third kappa shape index (κ3) is 13.2. The van der Waals surface area contributed by atoms with Gasteiger partial charge in [-0.15, -0.1) is 48.8 Å². The molecule has 0 bridgehead atoms. The van der Waals surface area contributed by atoms with Gasteiger partial charge in [0.1, 0.15) is 11.6 Å². The Kier molecular flexibility index (Phi) is 21.8. The summed E-state index contributed by atoms with van der Waals surface area (Å²) in [5.74, 6) is -0.374. The minimum Gasteiger partial charge on any atom is -0.184 e. The zero-order valence-corrected chi connectivity index (χ0v) is 28.4. The summed E-state index contributed by atoms with van der Waals surface area (Å²) in [6.07, 6.45) is 12.4. The van der Waals surface area contributed by atoms with E-state index < -0.39 is 0 Å². The Bertz CT molecular complexity index is 1050. The van der Waals surface area contributed by atoms with E-state index in [2.05, 4.69) is 30.4 Å². The SMILES string of the molecule is CC1=[C-]CC=C1c1ccc(F)cc1.CC1=[C-]CC=C1c1ccc(F)cc1.Cl.Cl.[CH3-].[GeH2]=[Zr].[c-]1ccccc1. The van der Waals surface area contributed by atoms with Crippen molar-refractivity contribution in [2.75, 3.05) is 0 Å². The normalized spacial score (nSPS) is 12.3. The second-order valence-corrected chi connectivity index (χ2v) is 7.34. The molecular formula is C31H32Cl2F2GeZr-4. The fourth-order valence-electron chi connectivity index (χ4n) is 3.38. The summed E-state index contributed by atoms with van der Waals surface area (Å²) >= 11 is 3.14. The van der Waals surface area contributed by atoms with Gasteiger partial charge >= 0.3 is 33.7 Å². The number of hydrogen-bond acceptors (Lipinski definition) is 0. The van der Waals surface area contributed by atoms with Gasteiger partial charge in [0.05, 0.1) is 0 Å². The van der Waals surface area contributed by atoms with E-state index in [0.717, 1.165) is 35.1 Å². The molecule has 0 unspecified atom stereocenters. The molecule has 0 fully saturated rings. The van der Waals surface area contributed by atoms with Crippen molar-refractivity contribution in [1.82, 2.24) is 0 Å². The molecule has 0 aromatic heterocycles. The van der Waals surface area contributed by atoms with Crippen LogP contribution in [0.3, 0.4) is 0 Å². The maximum atomic E-state index is 12.6. The second-order valence-electron chi connectivity index (χ2n) is 7.34. The van der Waals surface area contributed by atoms with Crippen LogP contribution in [0.5, 0.6) is 0 Å². The monoisotopic (exact) mass is 676 g/mol.